The highest BCUT2D eigenvalue weighted by Gasteiger charge is 2.29. The second-order valence-electron chi connectivity index (χ2n) is 8.53. The van der Waals surface area contributed by atoms with Crippen molar-refractivity contribution in [3.8, 4) is 0 Å². The van der Waals surface area contributed by atoms with E-state index in [4.69, 9.17) is 0 Å². The van der Waals surface area contributed by atoms with Crippen molar-refractivity contribution in [2.24, 2.45) is 13.0 Å². The van der Waals surface area contributed by atoms with Gasteiger partial charge in [0.05, 0.1) is 18.2 Å². The maximum absolute atomic E-state index is 12.7. The van der Waals surface area contributed by atoms with Crippen LogP contribution in [0.2, 0.25) is 0 Å². The lowest BCUT2D eigenvalue weighted by atomic mass is 10.1. The van der Waals surface area contributed by atoms with Crippen LogP contribution in [0.4, 0.5) is 5.69 Å². The third-order valence-corrected chi connectivity index (χ3v) is 6.20. The standard InChI is InChI=1S/C23H33N5O2/c1-14(2)28-10-9-19(13-28)23(30)26-20-11-18(8-7-15(20)3)22(29)24-12-21-25-16(4)17(5)27(21)6/h7-8,11,14,19H,9-10,12-13H2,1-6H3,(H,24,29)(H,26,30). The number of carbonyl (C=O) groups is 2. The Hall–Kier alpha value is -2.67. The summed E-state index contributed by atoms with van der Waals surface area (Å²) in [4.78, 5) is 32.2. The molecule has 7 nitrogen and oxygen atoms in total. The van der Waals surface area contributed by atoms with E-state index in [0.29, 0.717) is 23.8 Å². The Morgan fingerprint density at radius 1 is 1.23 bits per heavy atom. The SMILES string of the molecule is Cc1ccc(C(=O)NCc2nc(C)c(C)n2C)cc1NC(=O)C1CCN(C(C)C)C1. The third-order valence-electron chi connectivity index (χ3n) is 6.20. The van der Waals surface area contributed by atoms with Gasteiger partial charge < -0.3 is 20.1 Å². The molecule has 2 heterocycles. The molecule has 1 aliphatic rings. The molecule has 0 radical (unpaired) electrons. The normalized spacial score (nSPS) is 16.8. The van der Waals surface area contributed by atoms with Gasteiger partial charge >= 0.3 is 0 Å². The van der Waals surface area contributed by atoms with Crippen LogP contribution < -0.4 is 10.6 Å². The molecule has 0 saturated carbocycles. The summed E-state index contributed by atoms with van der Waals surface area (Å²) in [6.07, 6.45) is 0.867. The molecule has 2 N–H and O–H groups in total. The Bertz CT molecular complexity index is 947. The maximum Gasteiger partial charge on any atom is 0.251 e. The van der Waals surface area contributed by atoms with Gasteiger partial charge in [0, 0.05) is 36.6 Å². The lowest BCUT2D eigenvalue weighted by Crippen LogP contribution is -2.31. The van der Waals surface area contributed by atoms with E-state index in [1.54, 1.807) is 12.1 Å². The van der Waals surface area contributed by atoms with Gasteiger partial charge in [-0.3, -0.25) is 9.59 Å². The van der Waals surface area contributed by atoms with Crippen molar-refractivity contribution in [2.75, 3.05) is 18.4 Å². The fraction of sp³-hybridized carbons (Fsp3) is 0.522. The van der Waals surface area contributed by atoms with Crippen LogP contribution in [-0.2, 0) is 18.4 Å². The molecule has 1 atom stereocenters. The first-order valence-corrected chi connectivity index (χ1v) is 10.6. The van der Waals surface area contributed by atoms with Gasteiger partial charge in [0.25, 0.3) is 5.91 Å². The summed E-state index contributed by atoms with van der Waals surface area (Å²) in [5.41, 5.74) is 4.20. The fourth-order valence-electron chi connectivity index (χ4n) is 3.81. The Balaban J connectivity index is 1.65. The van der Waals surface area contributed by atoms with Crippen LogP contribution in [0, 0.1) is 26.7 Å². The zero-order valence-corrected chi connectivity index (χ0v) is 18.9. The molecule has 30 heavy (non-hydrogen) atoms. The van der Waals surface area contributed by atoms with Gasteiger partial charge in [-0.25, -0.2) is 4.98 Å². The van der Waals surface area contributed by atoms with Crippen molar-refractivity contribution >= 4 is 17.5 Å². The summed E-state index contributed by atoms with van der Waals surface area (Å²) < 4.78 is 1.98. The van der Waals surface area contributed by atoms with Crippen LogP contribution in [0.3, 0.4) is 0 Å². The van der Waals surface area contributed by atoms with Crippen LogP contribution in [0.15, 0.2) is 18.2 Å². The number of aromatic nitrogens is 2. The quantitative estimate of drug-likeness (QED) is 0.766. The topological polar surface area (TPSA) is 79.3 Å². The van der Waals surface area contributed by atoms with Crippen molar-refractivity contribution in [3.05, 3.63) is 46.5 Å². The van der Waals surface area contributed by atoms with Gasteiger partial charge in [0.1, 0.15) is 5.82 Å². The molecular formula is C23H33N5O2. The van der Waals surface area contributed by atoms with Crippen LogP contribution >= 0.6 is 0 Å². The van der Waals surface area contributed by atoms with Gasteiger partial charge in [-0.05, 0) is 65.3 Å². The number of imidazole rings is 1. The predicted octanol–water partition coefficient (Wildman–Crippen LogP) is 2.94. The van der Waals surface area contributed by atoms with Crippen LogP contribution in [-0.4, -0.2) is 45.4 Å². The minimum absolute atomic E-state index is 0.0147. The van der Waals surface area contributed by atoms with E-state index in [9.17, 15) is 9.59 Å². The minimum atomic E-state index is -0.185. The average Bonchev–Trinajstić information content (AvgIpc) is 3.29. The van der Waals surface area contributed by atoms with Gasteiger partial charge in [-0.2, -0.15) is 0 Å². The number of nitrogens with zero attached hydrogens (tertiary/aromatic N) is 3. The van der Waals surface area contributed by atoms with Gasteiger partial charge in [0.15, 0.2) is 0 Å². The van der Waals surface area contributed by atoms with Crippen LogP contribution in [0.5, 0.6) is 0 Å². The maximum atomic E-state index is 12.7. The first-order valence-electron chi connectivity index (χ1n) is 10.6. The summed E-state index contributed by atoms with van der Waals surface area (Å²) >= 11 is 0. The van der Waals surface area contributed by atoms with E-state index in [2.05, 4.69) is 34.4 Å². The molecule has 1 saturated heterocycles. The number of nitrogens with one attached hydrogen (secondary N) is 2. The molecule has 0 aliphatic carbocycles. The largest absolute Gasteiger partial charge is 0.345 e. The molecule has 1 aromatic carbocycles. The van der Waals surface area contributed by atoms with Gasteiger partial charge in [-0.15, -0.1) is 0 Å². The van der Waals surface area contributed by atoms with Gasteiger partial charge in [-0.1, -0.05) is 6.07 Å². The Morgan fingerprint density at radius 3 is 2.57 bits per heavy atom. The molecule has 162 valence electrons. The summed E-state index contributed by atoms with van der Waals surface area (Å²) in [6, 6.07) is 5.86. The summed E-state index contributed by atoms with van der Waals surface area (Å²) in [7, 11) is 1.94. The molecule has 1 fully saturated rings. The number of hydrogen-bond donors (Lipinski definition) is 2. The van der Waals surface area contributed by atoms with Crippen LogP contribution in [0.1, 0.15) is 53.4 Å². The number of likely N-dealkylation sites (tertiary alicyclic amines) is 1. The highest BCUT2D eigenvalue weighted by atomic mass is 16.2. The van der Waals surface area contributed by atoms with Gasteiger partial charge in [0.2, 0.25) is 5.91 Å². The highest BCUT2D eigenvalue weighted by molar-refractivity contribution is 5.98. The highest BCUT2D eigenvalue weighted by Crippen LogP contribution is 2.23. The summed E-state index contributed by atoms with van der Waals surface area (Å²) in [5, 5.41) is 5.97. The smallest absolute Gasteiger partial charge is 0.251 e. The molecule has 0 bridgehead atoms. The minimum Gasteiger partial charge on any atom is -0.345 e. The molecule has 3 rings (SSSR count). The molecule has 2 amide bonds. The zero-order chi connectivity index (χ0) is 22.0. The predicted molar refractivity (Wildman–Crippen MR) is 118 cm³/mol. The van der Waals surface area contributed by atoms with Crippen molar-refractivity contribution < 1.29 is 9.59 Å². The van der Waals surface area contributed by atoms with E-state index < -0.39 is 0 Å². The molecule has 1 aromatic heterocycles. The Morgan fingerprint density at radius 2 is 1.97 bits per heavy atom. The average molecular weight is 412 g/mol. The number of hydrogen-bond acceptors (Lipinski definition) is 4. The van der Waals surface area contributed by atoms with E-state index in [1.165, 1.54) is 0 Å². The number of aryl methyl sites for hydroxylation is 2. The third kappa shape index (κ3) is 4.73. The van der Waals surface area contributed by atoms with Crippen molar-refractivity contribution in [1.29, 1.82) is 0 Å². The van der Waals surface area contributed by atoms with Crippen LogP contribution in [0.25, 0.3) is 0 Å². The molecule has 1 unspecified atom stereocenters. The van der Waals surface area contributed by atoms with Crippen molar-refractivity contribution in [1.82, 2.24) is 19.8 Å². The summed E-state index contributed by atoms with van der Waals surface area (Å²) in [6.45, 7) is 12.3. The zero-order valence-electron chi connectivity index (χ0n) is 18.9. The van der Waals surface area contributed by atoms with Crippen molar-refractivity contribution in [2.45, 2.75) is 53.6 Å². The number of amides is 2. The first kappa shape index (κ1) is 22.0. The lowest BCUT2D eigenvalue weighted by molar-refractivity contribution is -0.119. The second-order valence-corrected chi connectivity index (χ2v) is 8.53. The number of rotatable bonds is 6. The molecular weight excluding hydrogens is 378 g/mol. The lowest BCUT2D eigenvalue weighted by Gasteiger charge is -2.20. The number of carbonyl (C=O) groups excluding carboxylic acids is 2. The molecule has 0 spiro atoms. The number of anilines is 1. The second kappa shape index (κ2) is 9.00. The van der Waals surface area contributed by atoms with E-state index in [1.807, 2.05) is 38.5 Å². The Kier molecular flexibility index (Phi) is 6.61. The van der Waals surface area contributed by atoms with Crippen molar-refractivity contribution in [3.63, 3.8) is 0 Å². The monoisotopic (exact) mass is 411 g/mol. The Labute approximate surface area is 178 Å². The molecule has 7 heteroatoms. The van der Waals surface area contributed by atoms with E-state index in [-0.39, 0.29) is 17.7 Å². The van der Waals surface area contributed by atoms with E-state index in [0.717, 1.165) is 42.3 Å². The first-order chi connectivity index (χ1) is 14.2. The molecule has 1 aliphatic heterocycles. The summed E-state index contributed by atoms with van der Waals surface area (Å²) in [5.74, 6) is 0.641. The fourth-order valence-corrected chi connectivity index (χ4v) is 3.81. The molecule has 2 aromatic rings. The number of benzene rings is 1. The van der Waals surface area contributed by atoms with E-state index >= 15 is 0 Å².